The lowest BCUT2D eigenvalue weighted by atomic mass is 10.1. The first-order valence-corrected chi connectivity index (χ1v) is 7.60. The molecule has 1 heterocycles. The van der Waals surface area contributed by atoms with Gasteiger partial charge in [0.1, 0.15) is 0 Å². The summed E-state index contributed by atoms with van der Waals surface area (Å²) in [7, 11) is 0. The van der Waals surface area contributed by atoms with Crippen LogP contribution in [0.25, 0.3) is 10.4 Å². The van der Waals surface area contributed by atoms with E-state index >= 15 is 0 Å². The highest BCUT2D eigenvalue weighted by Gasteiger charge is 2.07. The zero-order valence-electron chi connectivity index (χ0n) is 11.6. The largest absolute Gasteiger partial charge is 0.322 e. The predicted octanol–water partition coefficient (Wildman–Crippen LogP) is 4.54. The summed E-state index contributed by atoms with van der Waals surface area (Å²) in [5, 5.41) is 13.7. The average Bonchev–Trinajstić information content (AvgIpc) is 3.09. The van der Waals surface area contributed by atoms with Crippen LogP contribution in [0, 0.1) is 11.3 Å². The lowest BCUT2D eigenvalue weighted by molar-refractivity contribution is 0.102. The minimum absolute atomic E-state index is 0.187. The van der Waals surface area contributed by atoms with Crippen molar-refractivity contribution >= 4 is 22.9 Å². The lowest BCUT2D eigenvalue weighted by Gasteiger charge is -2.06. The summed E-state index contributed by atoms with van der Waals surface area (Å²) in [6.45, 7) is 0. The normalized spacial score (nSPS) is 9.95. The highest BCUT2D eigenvalue weighted by atomic mass is 32.1. The van der Waals surface area contributed by atoms with Crippen LogP contribution in [0.15, 0.2) is 66.0 Å². The van der Waals surface area contributed by atoms with Crippen LogP contribution in [0.2, 0.25) is 0 Å². The van der Waals surface area contributed by atoms with Crippen LogP contribution < -0.4 is 5.32 Å². The molecule has 0 atom stereocenters. The molecule has 0 aliphatic rings. The Labute approximate surface area is 132 Å². The average molecular weight is 304 g/mol. The van der Waals surface area contributed by atoms with Gasteiger partial charge < -0.3 is 5.32 Å². The zero-order chi connectivity index (χ0) is 15.4. The fraction of sp³-hybridized carbons (Fsp3) is 0. The monoisotopic (exact) mass is 304 g/mol. The number of benzene rings is 2. The van der Waals surface area contributed by atoms with Crippen molar-refractivity contribution in [2.45, 2.75) is 0 Å². The van der Waals surface area contributed by atoms with Gasteiger partial charge in [0.2, 0.25) is 0 Å². The third-order valence-electron chi connectivity index (χ3n) is 3.20. The predicted molar refractivity (Wildman–Crippen MR) is 88.9 cm³/mol. The van der Waals surface area contributed by atoms with Crippen molar-refractivity contribution in [2.24, 2.45) is 0 Å². The van der Waals surface area contributed by atoms with E-state index in [1.165, 1.54) is 4.88 Å². The second-order valence-corrected chi connectivity index (χ2v) is 5.65. The summed E-state index contributed by atoms with van der Waals surface area (Å²) in [6.07, 6.45) is 0. The third-order valence-corrected chi connectivity index (χ3v) is 4.12. The molecule has 0 unspecified atom stereocenters. The molecule has 0 aliphatic heterocycles. The number of thiophene rings is 1. The highest BCUT2D eigenvalue weighted by Crippen LogP contribution is 2.24. The number of hydrogen-bond donors (Lipinski definition) is 1. The first-order valence-electron chi connectivity index (χ1n) is 6.72. The van der Waals surface area contributed by atoms with Crippen LogP contribution in [-0.4, -0.2) is 5.91 Å². The van der Waals surface area contributed by atoms with E-state index in [0.717, 1.165) is 5.56 Å². The van der Waals surface area contributed by atoms with Gasteiger partial charge in [0.15, 0.2) is 0 Å². The minimum atomic E-state index is -0.187. The van der Waals surface area contributed by atoms with Crippen LogP contribution >= 0.6 is 11.3 Å². The molecule has 0 saturated heterocycles. The maximum absolute atomic E-state index is 12.2. The Morgan fingerprint density at radius 1 is 1.05 bits per heavy atom. The summed E-state index contributed by atoms with van der Waals surface area (Å²) in [5.41, 5.74) is 2.82. The standard InChI is InChI=1S/C18H12N2OS/c19-12-13-3-1-4-16(11-13)20-18(21)15-8-6-14(7-9-15)17-5-2-10-22-17/h1-11H,(H,20,21). The summed E-state index contributed by atoms with van der Waals surface area (Å²) in [5.74, 6) is -0.187. The van der Waals surface area contributed by atoms with E-state index in [4.69, 9.17) is 5.26 Å². The van der Waals surface area contributed by atoms with Crippen LogP contribution in [0.3, 0.4) is 0 Å². The Morgan fingerprint density at radius 2 is 1.86 bits per heavy atom. The Bertz CT molecular complexity index is 830. The van der Waals surface area contributed by atoms with E-state index in [9.17, 15) is 4.79 Å². The van der Waals surface area contributed by atoms with Crippen molar-refractivity contribution in [1.29, 1.82) is 5.26 Å². The molecule has 0 saturated carbocycles. The molecular formula is C18H12N2OS. The first-order chi connectivity index (χ1) is 10.8. The van der Waals surface area contributed by atoms with E-state index in [1.54, 1.807) is 47.7 Å². The van der Waals surface area contributed by atoms with Crippen molar-refractivity contribution in [3.05, 3.63) is 77.2 Å². The fourth-order valence-electron chi connectivity index (χ4n) is 2.10. The van der Waals surface area contributed by atoms with Crippen molar-refractivity contribution in [3.63, 3.8) is 0 Å². The van der Waals surface area contributed by atoms with Gasteiger partial charge in [-0.1, -0.05) is 24.3 Å². The van der Waals surface area contributed by atoms with Crippen LogP contribution in [0.4, 0.5) is 5.69 Å². The molecule has 3 aromatic rings. The summed E-state index contributed by atoms with van der Waals surface area (Å²) >= 11 is 1.67. The second-order valence-electron chi connectivity index (χ2n) is 4.70. The van der Waals surface area contributed by atoms with Crippen LogP contribution in [0.1, 0.15) is 15.9 Å². The fourth-order valence-corrected chi connectivity index (χ4v) is 2.83. The quantitative estimate of drug-likeness (QED) is 0.772. The van der Waals surface area contributed by atoms with Gasteiger partial charge in [-0.05, 0) is 47.3 Å². The SMILES string of the molecule is N#Cc1cccc(NC(=O)c2ccc(-c3cccs3)cc2)c1. The molecule has 0 fully saturated rings. The molecule has 22 heavy (non-hydrogen) atoms. The Balaban J connectivity index is 1.76. The zero-order valence-corrected chi connectivity index (χ0v) is 12.4. The van der Waals surface area contributed by atoms with Gasteiger partial charge in [-0.25, -0.2) is 0 Å². The molecule has 0 aliphatic carbocycles. The number of hydrogen-bond acceptors (Lipinski definition) is 3. The molecule has 1 N–H and O–H groups in total. The van der Waals surface area contributed by atoms with Gasteiger partial charge in [-0.2, -0.15) is 5.26 Å². The minimum Gasteiger partial charge on any atom is -0.322 e. The Hall–Kier alpha value is -2.90. The second kappa shape index (κ2) is 6.25. The highest BCUT2D eigenvalue weighted by molar-refractivity contribution is 7.13. The maximum Gasteiger partial charge on any atom is 0.255 e. The van der Waals surface area contributed by atoms with Crippen LogP contribution in [0.5, 0.6) is 0 Å². The van der Waals surface area contributed by atoms with E-state index in [-0.39, 0.29) is 5.91 Å². The molecule has 106 valence electrons. The summed E-state index contributed by atoms with van der Waals surface area (Å²) in [4.78, 5) is 13.4. The molecule has 0 spiro atoms. The molecule has 0 radical (unpaired) electrons. The number of amides is 1. The smallest absolute Gasteiger partial charge is 0.255 e. The summed E-state index contributed by atoms with van der Waals surface area (Å²) < 4.78 is 0. The number of anilines is 1. The lowest BCUT2D eigenvalue weighted by Crippen LogP contribution is -2.11. The van der Waals surface area contributed by atoms with Gasteiger partial charge >= 0.3 is 0 Å². The number of nitrogens with one attached hydrogen (secondary N) is 1. The van der Waals surface area contributed by atoms with E-state index in [2.05, 4.69) is 11.4 Å². The van der Waals surface area contributed by atoms with E-state index < -0.39 is 0 Å². The van der Waals surface area contributed by atoms with Gasteiger partial charge in [0.25, 0.3) is 5.91 Å². The molecule has 1 aromatic heterocycles. The molecule has 1 amide bonds. The van der Waals surface area contributed by atoms with Crippen molar-refractivity contribution in [1.82, 2.24) is 0 Å². The summed E-state index contributed by atoms with van der Waals surface area (Å²) in [6, 6.07) is 20.4. The number of nitriles is 1. The number of nitrogens with zero attached hydrogens (tertiary/aromatic N) is 1. The Morgan fingerprint density at radius 3 is 2.55 bits per heavy atom. The molecule has 2 aromatic carbocycles. The van der Waals surface area contributed by atoms with Crippen molar-refractivity contribution in [3.8, 4) is 16.5 Å². The third kappa shape index (κ3) is 3.05. The van der Waals surface area contributed by atoms with E-state index in [1.807, 2.05) is 29.6 Å². The molecule has 0 bridgehead atoms. The topological polar surface area (TPSA) is 52.9 Å². The molecule has 3 nitrogen and oxygen atoms in total. The first kappa shape index (κ1) is 14.1. The molecule has 3 rings (SSSR count). The molecular weight excluding hydrogens is 292 g/mol. The van der Waals surface area contributed by atoms with Gasteiger partial charge in [0, 0.05) is 16.1 Å². The van der Waals surface area contributed by atoms with Crippen molar-refractivity contribution < 1.29 is 4.79 Å². The van der Waals surface area contributed by atoms with Crippen LogP contribution in [-0.2, 0) is 0 Å². The van der Waals surface area contributed by atoms with Gasteiger partial charge in [-0.3, -0.25) is 4.79 Å². The Kier molecular flexibility index (Phi) is 3.99. The number of carbonyl (C=O) groups excluding carboxylic acids is 1. The molecule has 4 heteroatoms. The van der Waals surface area contributed by atoms with E-state index in [0.29, 0.717) is 16.8 Å². The number of rotatable bonds is 3. The maximum atomic E-state index is 12.2. The van der Waals surface area contributed by atoms with Gasteiger partial charge in [-0.15, -0.1) is 11.3 Å². The number of carbonyl (C=O) groups is 1. The van der Waals surface area contributed by atoms with Gasteiger partial charge in [0.05, 0.1) is 11.6 Å². The van der Waals surface area contributed by atoms with Crippen molar-refractivity contribution in [2.75, 3.05) is 5.32 Å².